The Labute approximate surface area is 163 Å². The van der Waals surface area contributed by atoms with Gasteiger partial charge >= 0.3 is 0 Å². The average Bonchev–Trinajstić information content (AvgIpc) is 3.23. The summed E-state index contributed by atoms with van der Waals surface area (Å²) >= 11 is 7.58. The molecule has 0 spiro atoms. The van der Waals surface area contributed by atoms with Gasteiger partial charge in [-0.1, -0.05) is 35.5 Å². The molecule has 0 bridgehead atoms. The predicted molar refractivity (Wildman–Crippen MR) is 104 cm³/mol. The molecule has 0 aliphatic rings. The highest BCUT2D eigenvalue weighted by molar-refractivity contribution is 7.98. The van der Waals surface area contributed by atoms with Gasteiger partial charge in [0, 0.05) is 28.9 Å². The number of nitrogens with zero attached hydrogens (tertiary/aromatic N) is 6. The summed E-state index contributed by atoms with van der Waals surface area (Å²) in [5, 5.41) is 13.0. The number of hydrogen-bond acceptors (Lipinski definition) is 6. The van der Waals surface area contributed by atoms with E-state index in [0.717, 1.165) is 23.1 Å². The Morgan fingerprint density at radius 2 is 2.07 bits per heavy atom. The summed E-state index contributed by atoms with van der Waals surface area (Å²) in [6.07, 6.45) is 0. The van der Waals surface area contributed by atoms with Gasteiger partial charge in [0.15, 0.2) is 11.0 Å². The largest absolute Gasteiger partial charge is 0.302 e. The number of halogens is 1. The van der Waals surface area contributed by atoms with E-state index < -0.39 is 0 Å². The van der Waals surface area contributed by atoms with Crippen molar-refractivity contribution in [1.29, 1.82) is 0 Å². The minimum Gasteiger partial charge on any atom is -0.302 e. The lowest BCUT2D eigenvalue weighted by atomic mass is 10.2. The molecule has 0 fully saturated rings. The number of thioether (sulfide) groups is 1. The molecule has 0 amide bonds. The molecule has 27 heavy (non-hydrogen) atoms. The zero-order valence-electron chi connectivity index (χ0n) is 14.7. The molecule has 3 aromatic heterocycles. The van der Waals surface area contributed by atoms with Crippen LogP contribution in [0.15, 0.2) is 40.3 Å². The van der Waals surface area contributed by atoms with Gasteiger partial charge < -0.3 is 4.57 Å². The SMILES string of the molecule is CCn1c(SCc2nc3nc(C)cc(=O)n3[nH]2)nnc1-c1cccc(Cl)c1. The first-order valence-corrected chi connectivity index (χ1v) is 9.68. The van der Waals surface area contributed by atoms with Crippen molar-refractivity contribution in [3.63, 3.8) is 0 Å². The van der Waals surface area contributed by atoms with Crippen LogP contribution in [-0.2, 0) is 12.3 Å². The van der Waals surface area contributed by atoms with Gasteiger partial charge in [0.2, 0.25) is 0 Å². The van der Waals surface area contributed by atoms with Crippen LogP contribution in [0.1, 0.15) is 18.4 Å². The first-order valence-electron chi connectivity index (χ1n) is 8.32. The van der Waals surface area contributed by atoms with Gasteiger partial charge in [-0.2, -0.15) is 9.50 Å². The van der Waals surface area contributed by atoms with Crippen LogP contribution in [0.5, 0.6) is 0 Å². The molecule has 10 heteroatoms. The van der Waals surface area contributed by atoms with E-state index in [1.807, 2.05) is 35.8 Å². The van der Waals surface area contributed by atoms with Crippen molar-refractivity contribution in [1.82, 2.24) is 34.3 Å². The smallest absolute Gasteiger partial charge is 0.274 e. The number of benzene rings is 1. The van der Waals surface area contributed by atoms with Crippen LogP contribution in [-0.4, -0.2) is 34.3 Å². The Morgan fingerprint density at radius 1 is 1.22 bits per heavy atom. The van der Waals surface area contributed by atoms with Crippen molar-refractivity contribution in [2.45, 2.75) is 31.3 Å². The van der Waals surface area contributed by atoms with Crippen molar-refractivity contribution in [3.05, 3.63) is 57.2 Å². The fourth-order valence-electron chi connectivity index (χ4n) is 2.76. The van der Waals surface area contributed by atoms with Gasteiger partial charge in [-0.05, 0) is 26.0 Å². The molecule has 0 unspecified atom stereocenters. The minimum absolute atomic E-state index is 0.179. The number of fused-ring (bicyclic) bond motifs is 1. The van der Waals surface area contributed by atoms with E-state index in [1.165, 1.54) is 22.3 Å². The van der Waals surface area contributed by atoms with Gasteiger partial charge in [-0.3, -0.25) is 9.89 Å². The minimum atomic E-state index is -0.179. The maximum Gasteiger partial charge on any atom is 0.274 e. The molecule has 8 nitrogen and oxygen atoms in total. The summed E-state index contributed by atoms with van der Waals surface area (Å²) in [6, 6.07) is 9.00. The maximum atomic E-state index is 12.0. The molecule has 1 aromatic carbocycles. The molecule has 4 aromatic rings. The van der Waals surface area contributed by atoms with E-state index in [9.17, 15) is 4.79 Å². The highest BCUT2D eigenvalue weighted by Crippen LogP contribution is 2.27. The van der Waals surface area contributed by atoms with Crippen molar-refractivity contribution >= 4 is 29.1 Å². The number of aryl methyl sites for hydroxylation is 1. The zero-order valence-corrected chi connectivity index (χ0v) is 16.3. The number of rotatable bonds is 5. The van der Waals surface area contributed by atoms with Crippen molar-refractivity contribution in [3.8, 4) is 11.4 Å². The van der Waals surface area contributed by atoms with Crippen LogP contribution in [0.4, 0.5) is 0 Å². The molecule has 3 heterocycles. The number of aromatic amines is 1. The lowest BCUT2D eigenvalue weighted by Crippen LogP contribution is -2.14. The molecule has 0 saturated heterocycles. The Hall–Kier alpha value is -2.65. The van der Waals surface area contributed by atoms with Crippen molar-refractivity contribution in [2.24, 2.45) is 0 Å². The molecule has 0 aliphatic heterocycles. The lowest BCUT2D eigenvalue weighted by Gasteiger charge is -2.07. The van der Waals surface area contributed by atoms with E-state index in [0.29, 0.717) is 28.1 Å². The van der Waals surface area contributed by atoms with E-state index >= 15 is 0 Å². The second-order valence-electron chi connectivity index (χ2n) is 5.89. The van der Waals surface area contributed by atoms with Gasteiger partial charge in [0.05, 0.1) is 5.75 Å². The molecule has 0 aliphatic carbocycles. The number of nitrogens with one attached hydrogen (secondary N) is 1. The van der Waals surface area contributed by atoms with Gasteiger partial charge in [0.25, 0.3) is 11.3 Å². The highest BCUT2D eigenvalue weighted by atomic mass is 35.5. The number of aromatic nitrogens is 7. The van der Waals surface area contributed by atoms with Crippen LogP contribution in [0.25, 0.3) is 17.2 Å². The third-order valence-electron chi connectivity index (χ3n) is 3.96. The summed E-state index contributed by atoms with van der Waals surface area (Å²) in [4.78, 5) is 20.6. The van der Waals surface area contributed by atoms with Gasteiger partial charge in [-0.25, -0.2) is 4.98 Å². The lowest BCUT2D eigenvalue weighted by molar-refractivity contribution is 0.687. The molecular formula is C17H16ClN7OS. The molecule has 0 saturated carbocycles. The third kappa shape index (κ3) is 3.47. The standard InChI is InChI=1S/C17H16ClN7OS/c1-3-24-15(11-5-4-6-12(18)8-11)21-22-17(24)27-9-13-20-16-19-10(2)7-14(26)25(16)23-13/h4-8H,3,9H2,1-2H3,(H,19,20,23). The molecule has 0 radical (unpaired) electrons. The Kier molecular flexibility index (Phi) is 4.71. The summed E-state index contributed by atoms with van der Waals surface area (Å²) in [5.41, 5.74) is 1.38. The molecule has 138 valence electrons. The van der Waals surface area contributed by atoms with Crippen LogP contribution in [0, 0.1) is 6.92 Å². The van der Waals surface area contributed by atoms with Gasteiger partial charge in [-0.15, -0.1) is 10.2 Å². The summed E-state index contributed by atoms with van der Waals surface area (Å²) in [6.45, 7) is 4.53. The number of H-pyrrole nitrogens is 1. The van der Waals surface area contributed by atoms with Gasteiger partial charge in [0.1, 0.15) is 5.82 Å². The third-order valence-corrected chi connectivity index (χ3v) is 5.17. The van der Waals surface area contributed by atoms with E-state index in [2.05, 4.69) is 25.3 Å². The van der Waals surface area contributed by atoms with E-state index in [1.54, 1.807) is 6.92 Å². The van der Waals surface area contributed by atoms with Crippen molar-refractivity contribution < 1.29 is 0 Å². The first-order chi connectivity index (χ1) is 13.0. The van der Waals surface area contributed by atoms with Crippen LogP contribution < -0.4 is 5.56 Å². The second kappa shape index (κ2) is 7.16. The molecule has 1 N–H and O–H groups in total. The van der Waals surface area contributed by atoms with E-state index in [4.69, 9.17) is 11.6 Å². The molecular weight excluding hydrogens is 386 g/mol. The Balaban J connectivity index is 1.60. The average molecular weight is 402 g/mol. The number of hydrogen-bond donors (Lipinski definition) is 1. The predicted octanol–water partition coefficient (Wildman–Crippen LogP) is 2.95. The highest BCUT2D eigenvalue weighted by Gasteiger charge is 2.15. The summed E-state index contributed by atoms with van der Waals surface area (Å²) in [7, 11) is 0. The maximum absolute atomic E-state index is 12.0. The van der Waals surface area contributed by atoms with E-state index in [-0.39, 0.29) is 5.56 Å². The molecule has 4 rings (SSSR count). The summed E-state index contributed by atoms with van der Waals surface area (Å²) < 4.78 is 3.36. The van der Waals surface area contributed by atoms with Crippen LogP contribution in [0.3, 0.4) is 0 Å². The Bertz CT molecular complexity index is 1180. The Morgan fingerprint density at radius 3 is 2.85 bits per heavy atom. The zero-order chi connectivity index (χ0) is 19.0. The second-order valence-corrected chi connectivity index (χ2v) is 7.27. The van der Waals surface area contributed by atoms with Crippen LogP contribution >= 0.6 is 23.4 Å². The van der Waals surface area contributed by atoms with Crippen molar-refractivity contribution in [2.75, 3.05) is 0 Å². The topological polar surface area (TPSA) is 93.8 Å². The fourth-order valence-corrected chi connectivity index (χ4v) is 3.81. The molecule has 0 atom stereocenters. The fraction of sp³-hybridized carbons (Fsp3) is 0.235. The quantitative estimate of drug-likeness (QED) is 0.517. The normalized spacial score (nSPS) is 11.4. The summed E-state index contributed by atoms with van der Waals surface area (Å²) in [5.74, 6) is 2.29. The first kappa shape index (κ1) is 17.7. The monoisotopic (exact) mass is 401 g/mol. The van der Waals surface area contributed by atoms with Crippen LogP contribution in [0.2, 0.25) is 5.02 Å².